The van der Waals surface area contributed by atoms with E-state index in [2.05, 4.69) is 10.3 Å². The molecule has 0 aliphatic heterocycles. The topological polar surface area (TPSA) is 49.8 Å². The zero-order chi connectivity index (χ0) is 17.6. The van der Waals surface area contributed by atoms with E-state index < -0.39 is 0 Å². The largest absolute Gasteiger partial charge is 0.361 e. The number of carbonyl (C=O) groups excluding carboxylic acids is 1. The highest BCUT2D eigenvalue weighted by Gasteiger charge is 2.18. The lowest BCUT2D eigenvalue weighted by atomic mass is 10.1. The van der Waals surface area contributed by atoms with Gasteiger partial charge in [-0.3, -0.25) is 4.79 Å². The standard InChI is InChI=1S/C19H22FN3OS/c1-25-11-7-18(23-9-2-3-10-23)19(24)21-8-6-14-13-22-17-5-4-15(20)12-16(14)17/h2-5,9-10,12-13,18,22H,6-8,11H2,1H3,(H,21,24)/t18-/m1/s1. The fourth-order valence-electron chi connectivity index (χ4n) is 3.00. The second-order valence-corrected chi connectivity index (χ2v) is 6.96. The number of benzene rings is 1. The van der Waals surface area contributed by atoms with E-state index in [1.54, 1.807) is 17.8 Å². The predicted octanol–water partition coefficient (Wildman–Crippen LogP) is 3.76. The van der Waals surface area contributed by atoms with Gasteiger partial charge in [0.15, 0.2) is 0 Å². The molecular weight excluding hydrogens is 337 g/mol. The lowest BCUT2D eigenvalue weighted by molar-refractivity contribution is -0.124. The van der Waals surface area contributed by atoms with Crippen LogP contribution in [-0.2, 0) is 11.2 Å². The van der Waals surface area contributed by atoms with Crippen LogP contribution in [0.3, 0.4) is 0 Å². The van der Waals surface area contributed by atoms with Gasteiger partial charge in [0, 0.05) is 36.0 Å². The molecule has 1 atom stereocenters. The first kappa shape index (κ1) is 17.6. The van der Waals surface area contributed by atoms with Crippen LogP contribution in [0.5, 0.6) is 0 Å². The van der Waals surface area contributed by atoms with Gasteiger partial charge in [0.05, 0.1) is 0 Å². The molecule has 132 valence electrons. The smallest absolute Gasteiger partial charge is 0.243 e. The first-order chi connectivity index (χ1) is 12.2. The average molecular weight is 359 g/mol. The van der Waals surface area contributed by atoms with Gasteiger partial charge in [-0.1, -0.05) is 0 Å². The van der Waals surface area contributed by atoms with Crippen LogP contribution in [-0.4, -0.2) is 34.0 Å². The minimum Gasteiger partial charge on any atom is -0.361 e. The van der Waals surface area contributed by atoms with Crippen molar-refractivity contribution in [3.8, 4) is 0 Å². The van der Waals surface area contributed by atoms with Gasteiger partial charge in [0.25, 0.3) is 0 Å². The first-order valence-corrected chi connectivity index (χ1v) is 9.73. The summed E-state index contributed by atoms with van der Waals surface area (Å²) in [6.45, 7) is 0.527. The molecule has 2 heterocycles. The Morgan fingerprint density at radius 3 is 2.92 bits per heavy atom. The number of carbonyl (C=O) groups is 1. The molecule has 25 heavy (non-hydrogen) atoms. The maximum absolute atomic E-state index is 13.4. The first-order valence-electron chi connectivity index (χ1n) is 8.33. The van der Waals surface area contributed by atoms with Crippen molar-refractivity contribution < 1.29 is 9.18 Å². The summed E-state index contributed by atoms with van der Waals surface area (Å²) in [7, 11) is 0. The number of H-pyrrole nitrogens is 1. The summed E-state index contributed by atoms with van der Waals surface area (Å²) >= 11 is 1.74. The van der Waals surface area contributed by atoms with E-state index in [4.69, 9.17) is 0 Å². The highest BCUT2D eigenvalue weighted by Crippen LogP contribution is 2.20. The van der Waals surface area contributed by atoms with Gasteiger partial charge in [-0.15, -0.1) is 0 Å². The quantitative estimate of drug-likeness (QED) is 0.643. The third-order valence-electron chi connectivity index (χ3n) is 4.31. The zero-order valence-corrected chi connectivity index (χ0v) is 15.0. The number of thioether (sulfide) groups is 1. The number of hydrogen-bond donors (Lipinski definition) is 2. The Hall–Kier alpha value is -2.21. The van der Waals surface area contributed by atoms with Crippen molar-refractivity contribution in [1.29, 1.82) is 0 Å². The number of aromatic amines is 1. The van der Waals surface area contributed by atoms with E-state index in [0.29, 0.717) is 13.0 Å². The normalized spacial score (nSPS) is 12.4. The average Bonchev–Trinajstić information content (AvgIpc) is 3.26. The summed E-state index contributed by atoms with van der Waals surface area (Å²) < 4.78 is 15.4. The summed E-state index contributed by atoms with van der Waals surface area (Å²) in [5.41, 5.74) is 1.92. The van der Waals surface area contributed by atoms with Crippen LogP contribution in [0.1, 0.15) is 18.0 Å². The molecular formula is C19H22FN3OS. The molecule has 2 aromatic heterocycles. The molecule has 1 amide bonds. The molecule has 6 heteroatoms. The number of nitrogens with zero attached hydrogens (tertiary/aromatic N) is 1. The molecule has 2 N–H and O–H groups in total. The maximum atomic E-state index is 13.4. The Labute approximate surface area is 150 Å². The van der Waals surface area contributed by atoms with E-state index in [0.717, 1.165) is 28.6 Å². The molecule has 0 aliphatic carbocycles. The highest BCUT2D eigenvalue weighted by atomic mass is 32.2. The SMILES string of the molecule is CSCC[C@H](C(=O)NCCc1c[nH]c2ccc(F)cc12)n1cccc1. The van der Waals surface area contributed by atoms with Crippen molar-refractivity contribution in [3.63, 3.8) is 0 Å². The number of nitrogens with one attached hydrogen (secondary N) is 2. The van der Waals surface area contributed by atoms with Crippen molar-refractivity contribution >= 4 is 28.6 Å². The van der Waals surface area contributed by atoms with Gasteiger partial charge in [0.1, 0.15) is 11.9 Å². The van der Waals surface area contributed by atoms with Crippen molar-refractivity contribution in [2.75, 3.05) is 18.6 Å². The summed E-state index contributed by atoms with van der Waals surface area (Å²) in [5.74, 6) is 0.705. The van der Waals surface area contributed by atoms with E-state index in [9.17, 15) is 9.18 Å². The molecule has 0 bridgehead atoms. The van der Waals surface area contributed by atoms with Gasteiger partial charge < -0.3 is 14.9 Å². The zero-order valence-electron chi connectivity index (χ0n) is 14.2. The highest BCUT2D eigenvalue weighted by molar-refractivity contribution is 7.98. The number of hydrogen-bond acceptors (Lipinski definition) is 2. The molecule has 1 aromatic carbocycles. The van der Waals surface area contributed by atoms with Crippen LogP contribution < -0.4 is 5.32 Å². The molecule has 0 aliphatic rings. The molecule has 0 radical (unpaired) electrons. The lowest BCUT2D eigenvalue weighted by Gasteiger charge is -2.18. The third kappa shape index (κ3) is 4.25. The number of amides is 1. The van der Waals surface area contributed by atoms with Gasteiger partial charge in [-0.2, -0.15) is 11.8 Å². The molecule has 0 saturated heterocycles. The summed E-state index contributed by atoms with van der Waals surface area (Å²) in [5, 5.41) is 3.89. The fourth-order valence-corrected chi connectivity index (χ4v) is 3.46. The van der Waals surface area contributed by atoms with Gasteiger partial charge >= 0.3 is 0 Å². The molecule has 3 aromatic rings. The predicted molar refractivity (Wildman–Crippen MR) is 101 cm³/mol. The molecule has 3 rings (SSSR count). The fraction of sp³-hybridized carbons (Fsp3) is 0.316. The maximum Gasteiger partial charge on any atom is 0.243 e. The van der Waals surface area contributed by atoms with Crippen molar-refractivity contribution in [1.82, 2.24) is 14.9 Å². The summed E-state index contributed by atoms with van der Waals surface area (Å²) in [6.07, 6.45) is 9.23. The molecule has 0 spiro atoms. The van der Waals surface area contributed by atoms with Crippen LogP contribution in [0.25, 0.3) is 10.9 Å². The molecule has 0 unspecified atom stereocenters. The van der Waals surface area contributed by atoms with Crippen LogP contribution in [0.4, 0.5) is 4.39 Å². The number of fused-ring (bicyclic) bond motifs is 1. The van der Waals surface area contributed by atoms with E-state index >= 15 is 0 Å². The minimum atomic E-state index is -0.248. The molecule has 0 saturated carbocycles. The Bertz CT molecular complexity index is 828. The van der Waals surface area contributed by atoms with Crippen LogP contribution in [0, 0.1) is 5.82 Å². The second kappa shape index (κ2) is 8.25. The lowest BCUT2D eigenvalue weighted by Crippen LogP contribution is -2.33. The van der Waals surface area contributed by atoms with Crippen LogP contribution in [0.2, 0.25) is 0 Å². The van der Waals surface area contributed by atoms with Crippen molar-refractivity contribution in [3.05, 3.63) is 60.3 Å². The van der Waals surface area contributed by atoms with E-state index in [1.807, 2.05) is 41.5 Å². The number of halogens is 1. The summed E-state index contributed by atoms with van der Waals surface area (Å²) in [4.78, 5) is 15.7. The van der Waals surface area contributed by atoms with Crippen molar-refractivity contribution in [2.24, 2.45) is 0 Å². The summed E-state index contributed by atoms with van der Waals surface area (Å²) in [6, 6.07) is 8.38. The van der Waals surface area contributed by atoms with Crippen LogP contribution >= 0.6 is 11.8 Å². The minimum absolute atomic E-state index is 0.0243. The Kier molecular flexibility index (Phi) is 5.81. The Morgan fingerprint density at radius 1 is 1.36 bits per heavy atom. The van der Waals surface area contributed by atoms with Crippen LogP contribution in [0.15, 0.2) is 48.9 Å². The third-order valence-corrected chi connectivity index (χ3v) is 4.95. The van der Waals surface area contributed by atoms with Gasteiger partial charge in [-0.25, -0.2) is 4.39 Å². The monoisotopic (exact) mass is 359 g/mol. The second-order valence-electron chi connectivity index (χ2n) is 5.97. The van der Waals surface area contributed by atoms with Gasteiger partial charge in [0.2, 0.25) is 5.91 Å². The molecule has 0 fully saturated rings. The molecule has 4 nitrogen and oxygen atoms in total. The van der Waals surface area contributed by atoms with E-state index in [-0.39, 0.29) is 17.8 Å². The van der Waals surface area contributed by atoms with Crippen molar-refractivity contribution in [2.45, 2.75) is 18.9 Å². The van der Waals surface area contributed by atoms with E-state index in [1.165, 1.54) is 12.1 Å². The Balaban J connectivity index is 1.61. The van der Waals surface area contributed by atoms with Gasteiger partial charge in [-0.05, 0) is 60.7 Å². The Morgan fingerprint density at radius 2 is 2.16 bits per heavy atom. The number of aromatic nitrogens is 2. The number of rotatable bonds is 8.